The highest BCUT2D eigenvalue weighted by molar-refractivity contribution is 6.22. The first-order chi connectivity index (χ1) is 9.99. The molecule has 1 aromatic rings. The molecule has 1 aliphatic heterocycles. The van der Waals surface area contributed by atoms with Gasteiger partial charge in [-0.3, -0.25) is 9.48 Å². The van der Waals surface area contributed by atoms with Crippen molar-refractivity contribution in [3.8, 4) is 0 Å². The van der Waals surface area contributed by atoms with Crippen LogP contribution in [0.4, 0.5) is 11.5 Å². The van der Waals surface area contributed by atoms with E-state index in [1.54, 1.807) is 22.4 Å². The second kappa shape index (κ2) is 4.76. The van der Waals surface area contributed by atoms with Gasteiger partial charge in [0.1, 0.15) is 11.5 Å². The zero-order chi connectivity index (χ0) is 15.1. The van der Waals surface area contributed by atoms with Crippen molar-refractivity contribution < 1.29 is 5.11 Å². The summed E-state index contributed by atoms with van der Waals surface area (Å²) in [4.78, 5) is 16.6. The van der Waals surface area contributed by atoms with Crippen molar-refractivity contribution in [2.75, 3.05) is 5.73 Å². The summed E-state index contributed by atoms with van der Waals surface area (Å²) in [7, 11) is 0. The van der Waals surface area contributed by atoms with E-state index < -0.39 is 0 Å². The molecule has 0 atom stereocenters. The third kappa shape index (κ3) is 2.10. The number of fused-ring (bicyclic) bond motifs is 1. The number of hydrogen-bond acceptors (Lipinski definition) is 5. The molecule has 0 saturated heterocycles. The first kappa shape index (κ1) is 13.4. The molecular weight excluding hydrogens is 270 g/mol. The molecular formula is C14H17N5O2. The number of aliphatic hydroxyl groups excluding tert-OH is 1. The maximum atomic E-state index is 12.4. The van der Waals surface area contributed by atoms with Gasteiger partial charge in [0.25, 0.3) is 5.56 Å². The summed E-state index contributed by atoms with van der Waals surface area (Å²) in [6.07, 6.45) is 4.83. The fraction of sp³-hybridized carbons (Fsp3) is 0.357. The minimum atomic E-state index is -0.237. The van der Waals surface area contributed by atoms with Gasteiger partial charge in [-0.1, -0.05) is 0 Å². The van der Waals surface area contributed by atoms with Crippen LogP contribution in [0.25, 0.3) is 0 Å². The molecule has 0 aromatic carbocycles. The minimum absolute atomic E-state index is 0.126. The van der Waals surface area contributed by atoms with Gasteiger partial charge in [-0.2, -0.15) is 0 Å². The number of aliphatic imine (C=N–C) groups is 1. The van der Waals surface area contributed by atoms with Gasteiger partial charge >= 0.3 is 0 Å². The van der Waals surface area contributed by atoms with Crippen LogP contribution in [0.5, 0.6) is 0 Å². The maximum absolute atomic E-state index is 12.4. The van der Waals surface area contributed by atoms with Gasteiger partial charge in [-0.25, -0.2) is 9.67 Å². The van der Waals surface area contributed by atoms with Gasteiger partial charge in [-0.05, 0) is 31.4 Å². The van der Waals surface area contributed by atoms with Crippen LogP contribution in [0.2, 0.25) is 0 Å². The number of aliphatic hydroxyl groups is 1. The molecule has 0 unspecified atom stereocenters. The van der Waals surface area contributed by atoms with Crippen LogP contribution in [-0.4, -0.2) is 25.9 Å². The maximum Gasteiger partial charge on any atom is 0.294 e. The number of hydrogen-bond donors (Lipinski definition) is 3. The Hall–Kier alpha value is -2.57. The van der Waals surface area contributed by atoms with E-state index in [1.807, 2.05) is 0 Å². The summed E-state index contributed by atoms with van der Waals surface area (Å²) in [5, 5.41) is 17.5. The Morgan fingerprint density at radius 1 is 1.29 bits per heavy atom. The quantitative estimate of drug-likeness (QED) is 0.681. The zero-order valence-electron chi connectivity index (χ0n) is 11.8. The minimum Gasteiger partial charge on any atom is -0.506 e. The van der Waals surface area contributed by atoms with Crippen molar-refractivity contribution in [2.24, 2.45) is 4.99 Å². The molecule has 0 fully saturated rings. The predicted molar refractivity (Wildman–Crippen MR) is 81.6 cm³/mol. The van der Waals surface area contributed by atoms with Crippen LogP contribution in [0.1, 0.15) is 19.8 Å². The van der Waals surface area contributed by atoms with E-state index in [-0.39, 0.29) is 28.4 Å². The van der Waals surface area contributed by atoms with E-state index >= 15 is 0 Å². The Balaban J connectivity index is 2.13. The van der Waals surface area contributed by atoms with Gasteiger partial charge in [0, 0.05) is 19.2 Å². The molecule has 0 radical (unpaired) electrons. The number of rotatable bonds is 1. The molecule has 0 spiro atoms. The lowest BCUT2D eigenvalue weighted by atomic mass is 10.0. The lowest BCUT2D eigenvalue weighted by Gasteiger charge is -2.17. The van der Waals surface area contributed by atoms with E-state index in [0.717, 1.165) is 12.8 Å². The fourth-order valence-electron chi connectivity index (χ4n) is 2.58. The zero-order valence-corrected chi connectivity index (χ0v) is 11.8. The van der Waals surface area contributed by atoms with Gasteiger partial charge < -0.3 is 16.2 Å². The summed E-state index contributed by atoms with van der Waals surface area (Å²) >= 11 is 0. The molecule has 0 amide bonds. The molecule has 110 valence electrons. The normalized spacial score (nSPS) is 20.2. The number of aromatic nitrogens is 2. The Morgan fingerprint density at radius 3 is 2.62 bits per heavy atom. The van der Waals surface area contributed by atoms with Crippen molar-refractivity contribution in [1.29, 1.82) is 5.41 Å². The number of nitrogens with zero attached hydrogens (tertiary/aromatic N) is 3. The van der Waals surface area contributed by atoms with E-state index in [4.69, 9.17) is 11.1 Å². The van der Waals surface area contributed by atoms with Crippen LogP contribution in [-0.2, 0) is 13.1 Å². The Labute approximate surface area is 121 Å². The van der Waals surface area contributed by atoms with Gasteiger partial charge in [-0.15, -0.1) is 0 Å². The van der Waals surface area contributed by atoms with Crippen molar-refractivity contribution >= 4 is 22.9 Å². The third-order valence-electron chi connectivity index (χ3n) is 3.79. The Morgan fingerprint density at radius 2 is 1.95 bits per heavy atom. The van der Waals surface area contributed by atoms with Crippen molar-refractivity contribution in [3.05, 3.63) is 33.8 Å². The van der Waals surface area contributed by atoms with E-state index in [2.05, 4.69) is 4.99 Å². The second-order valence-corrected chi connectivity index (χ2v) is 5.26. The van der Waals surface area contributed by atoms with Crippen molar-refractivity contribution in [2.45, 2.75) is 32.9 Å². The third-order valence-corrected chi connectivity index (χ3v) is 3.79. The molecule has 4 N–H and O–H groups in total. The topological polar surface area (TPSA) is 109 Å². The van der Waals surface area contributed by atoms with Crippen LogP contribution >= 0.6 is 0 Å². The predicted octanol–water partition coefficient (Wildman–Crippen LogP) is 1.52. The summed E-state index contributed by atoms with van der Waals surface area (Å²) in [5.74, 6) is 0.199. The fourth-order valence-corrected chi connectivity index (χ4v) is 2.58. The molecule has 7 heteroatoms. The molecule has 1 aromatic heterocycles. The summed E-state index contributed by atoms with van der Waals surface area (Å²) in [5.41, 5.74) is 7.10. The van der Waals surface area contributed by atoms with E-state index in [0.29, 0.717) is 24.5 Å². The second-order valence-electron chi connectivity index (χ2n) is 5.26. The monoisotopic (exact) mass is 287 g/mol. The van der Waals surface area contributed by atoms with Crippen LogP contribution in [0.3, 0.4) is 0 Å². The average Bonchev–Trinajstić information content (AvgIpc) is 2.70. The average molecular weight is 287 g/mol. The number of nitrogen functional groups attached to an aromatic ring is 1. The largest absolute Gasteiger partial charge is 0.506 e. The number of nitrogens with two attached hydrogens (primary N) is 1. The molecule has 7 nitrogen and oxygen atoms in total. The lowest BCUT2D eigenvalue weighted by Crippen LogP contribution is -2.27. The smallest absolute Gasteiger partial charge is 0.294 e. The first-order valence-corrected chi connectivity index (χ1v) is 6.85. The number of nitrogens with one attached hydrogen (secondary N) is 1. The van der Waals surface area contributed by atoms with Crippen LogP contribution in [0.15, 0.2) is 33.3 Å². The Kier molecular flexibility index (Phi) is 3.04. The lowest BCUT2D eigenvalue weighted by molar-refractivity contribution is 0.360. The van der Waals surface area contributed by atoms with Crippen molar-refractivity contribution in [3.63, 3.8) is 0 Å². The summed E-state index contributed by atoms with van der Waals surface area (Å²) in [6, 6.07) is 0. The standard InChI is InChI=1S/C14H17N5O2/c1-8-6-10(11(20)7-9(8)15)17-12-13(16)18-4-2-3-5-19(18)14(12)21/h6-7,15,20H,2-5,16H2,1H3/b15-9?,17-10+. The highest BCUT2D eigenvalue weighted by Crippen LogP contribution is 2.23. The van der Waals surface area contributed by atoms with Crippen molar-refractivity contribution in [1.82, 2.24) is 9.36 Å². The van der Waals surface area contributed by atoms with Crippen LogP contribution < -0.4 is 11.3 Å². The molecule has 21 heavy (non-hydrogen) atoms. The van der Waals surface area contributed by atoms with E-state index in [1.165, 1.54) is 6.08 Å². The molecule has 2 aliphatic rings. The molecule has 0 saturated carbocycles. The highest BCUT2D eigenvalue weighted by Gasteiger charge is 2.21. The van der Waals surface area contributed by atoms with Crippen LogP contribution in [0, 0.1) is 5.41 Å². The highest BCUT2D eigenvalue weighted by atomic mass is 16.3. The SMILES string of the molecule is CC1=C/C(=N\c2c(N)n3n(c2=O)CCCC3)C(O)=CC1=N. The summed E-state index contributed by atoms with van der Waals surface area (Å²) in [6.45, 7) is 3.09. The molecule has 0 bridgehead atoms. The summed E-state index contributed by atoms with van der Waals surface area (Å²) < 4.78 is 3.34. The number of anilines is 1. The van der Waals surface area contributed by atoms with Gasteiger partial charge in [0.15, 0.2) is 11.5 Å². The van der Waals surface area contributed by atoms with Gasteiger partial charge in [0.05, 0.1) is 5.71 Å². The molecule has 1 aliphatic carbocycles. The Bertz CT molecular complexity index is 776. The first-order valence-electron chi connectivity index (χ1n) is 6.85. The van der Waals surface area contributed by atoms with E-state index in [9.17, 15) is 9.90 Å². The van der Waals surface area contributed by atoms with Gasteiger partial charge in [0.2, 0.25) is 0 Å². The number of allylic oxidation sites excluding steroid dienone is 3. The molecule has 3 rings (SSSR count). The molecule has 2 heterocycles.